The van der Waals surface area contributed by atoms with Crippen molar-refractivity contribution in [2.24, 2.45) is 23.2 Å². The number of hydrogen-bond donors (Lipinski definition) is 1. The molecule has 3 unspecified atom stereocenters. The second kappa shape index (κ2) is 21.4. The Labute approximate surface area is 451 Å². The number of unbranched alkanes of at least 4 members (excludes halogenated alkanes) is 1. The molecule has 1 aromatic heterocycles. The first-order chi connectivity index (χ1) is 34.0. The third kappa shape index (κ3) is 11.9. The van der Waals surface area contributed by atoms with Crippen molar-refractivity contribution >= 4 is 57.5 Å². The van der Waals surface area contributed by atoms with Crippen LogP contribution in [0.1, 0.15) is 177 Å². The lowest BCUT2D eigenvalue weighted by molar-refractivity contribution is 0.295. The number of hydrogen-bond acceptors (Lipinski definition) is 3. The monoisotopic (exact) mass is 1010 g/mol. The van der Waals surface area contributed by atoms with Crippen LogP contribution in [0.4, 0.5) is 11.4 Å². The molecule has 5 heteroatoms. The minimum Gasteiger partial charge on any atom is -0.362 e. The van der Waals surface area contributed by atoms with E-state index in [4.69, 9.17) is 0 Å². The minimum absolute atomic E-state index is 0.00686. The predicted octanol–water partition coefficient (Wildman–Crippen LogP) is 19.2. The zero-order chi connectivity index (χ0) is 53.6. The number of benzene rings is 3. The molecular formula is C68H95BN2SSi. The van der Waals surface area contributed by atoms with Crippen LogP contribution in [0, 0.1) is 23.2 Å². The Morgan fingerprint density at radius 1 is 0.808 bits per heavy atom. The summed E-state index contributed by atoms with van der Waals surface area (Å²) in [5.41, 5.74) is 14.8. The first kappa shape index (κ1) is 56.4. The molecule has 0 bridgehead atoms. The Kier molecular flexibility index (Phi) is 16.5. The summed E-state index contributed by atoms with van der Waals surface area (Å²) < 4.78 is 2.76. The summed E-state index contributed by atoms with van der Waals surface area (Å²) >= 11 is 2.01. The summed E-state index contributed by atoms with van der Waals surface area (Å²) in [6, 6.07) is 19.8. The first-order valence-electron chi connectivity index (χ1n) is 28.2. The fourth-order valence-corrected chi connectivity index (χ4v) is 14.6. The van der Waals surface area contributed by atoms with Gasteiger partial charge >= 0.3 is 0 Å². The average Bonchev–Trinajstić information content (AvgIpc) is 3.69. The lowest BCUT2D eigenvalue weighted by Crippen LogP contribution is -2.42. The summed E-state index contributed by atoms with van der Waals surface area (Å²) in [4.78, 5) is 2.55. The smallest absolute Gasteiger partial charge is 0.253 e. The molecule has 0 spiro atoms. The molecule has 0 amide bonds. The van der Waals surface area contributed by atoms with E-state index in [-0.39, 0.29) is 33.8 Å². The van der Waals surface area contributed by atoms with E-state index in [0.717, 1.165) is 30.5 Å². The van der Waals surface area contributed by atoms with Gasteiger partial charge in [0.25, 0.3) is 6.71 Å². The van der Waals surface area contributed by atoms with E-state index in [1.54, 1.807) is 0 Å². The van der Waals surface area contributed by atoms with Gasteiger partial charge in [0, 0.05) is 38.0 Å². The highest BCUT2D eigenvalue weighted by Gasteiger charge is 2.42. The van der Waals surface area contributed by atoms with Gasteiger partial charge in [-0.15, -0.1) is 30.5 Å². The van der Waals surface area contributed by atoms with E-state index in [9.17, 15) is 0 Å². The van der Waals surface area contributed by atoms with Gasteiger partial charge in [-0.3, -0.25) is 0 Å². The lowest BCUT2D eigenvalue weighted by atomic mass is 9.40. The maximum atomic E-state index is 4.60. The van der Waals surface area contributed by atoms with Crippen molar-refractivity contribution in [3.05, 3.63) is 156 Å². The van der Waals surface area contributed by atoms with Gasteiger partial charge < -0.3 is 10.2 Å². The molecule has 0 saturated carbocycles. The van der Waals surface area contributed by atoms with Crippen LogP contribution in [-0.2, 0) is 21.7 Å². The molecule has 3 aliphatic rings. The van der Waals surface area contributed by atoms with Crippen LogP contribution in [0.2, 0.25) is 19.6 Å². The standard InChI is InChI=1S/C68H95BN2SSi/c1-21-24-27-47(6)48(22-2)28-25-38-69-58(45-70-59-43-56-54(65(10,11)34-36-67(56,14)15)41-52(59)49-30-32-51(33-31-49)73(18,19)20)60(40-46(4)5)71(39-26-29-50(23-3)64(7,8)9)62-53-42-55-57(44-61(53)72-63(62)69)68(16,17)37-35-66(55,12)13/h22-23,25-26,30-33,38-45,47-48,50,70H,2-4,21,24,27-29,34-37H2,1,5-20H3/b38-25+,39-26+,58-45-,60-40+. The number of anilines is 2. The van der Waals surface area contributed by atoms with E-state index in [2.05, 4.69) is 244 Å². The first-order valence-corrected chi connectivity index (χ1v) is 32.5. The van der Waals surface area contributed by atoms with Crippen LogP contribution in [0.3, 0.4) is 0 Å². The SMILES string of the molecule is C=CC(C/C=C/B1C(=C\Nc2cc3c(cc2-c2ccc([Si](C)(C)C)cc2)C(C)(C)CCC3(C)C)/C(=C\C(=C)C)N(/C=C/CC(C=C)C(C)(C)C)c2c1sc1cc3c(cc21)C(C)(C)CCC3(C)C)C(C)CCCC. The van der Waals surface area contributed by atoms with E-state index in [0.29, 0.717) is 17.8 Å². The Bertz CT molecular complexity index is 2820. The van der Waals surface area contributed by atoms with Crippen molar-refractivity contribution in [1.29, 1.82) is 0 Å². The summed E-state index contributed by atoms with van der Waals surface area (Å²) in [6.45, 7) is 54.2. The number of allylic oxidation sites excluding steroid dienone is 7. The third-order valence-electron chi connectivity index (χ3n) is 17.7. The minimum atomic E-state index is -1.50. The zero-order valence-corrected chi connectivity index (χ0v) is 50.7. The number of nitrogens with one attached hydrogen (secondary N) is 1. The maximum absolute atomic E-state index is 4.60. The molecule has 0 fully saturated rings. The molecule has 0 radical (unpaired) electrons. The molecule has 4 aromatic rings. The normalized spacial score (nSPS) is 20.5. The summed E-state index contributed by atoms with van der Waals surface area (Å²) in [7, 11) is -1.50. The van der Waals surface area contributed by atoms with Crippen molar-refractivity contribution in [2.75, 3.05) is 10.2 Å². The number of rotatable bonds is 17. The van der Waals surface area contributed by atoms with Gasteiger partial charge in [-0.1, -0.05) is 195 Å². The van der Waals surface area contributed by atoms with Crippen molar-refractivity contribution in [1.82, 2.24) is 0 Å². The van der Waals surface area contributed by atoms with E-state index in [1.165, 1.54) is 109 Å². The quantitative estimate of drug-likeness (QED) is 0.0838. The van der Waals surface area contributed by atoms with Gasteiger partial charge in [0.1, 0.15) is 0 Å². The molecular weight excluding hydrogens is 916 g/mol. The Balaban J connectivity index is 1.52. The van der Waals surface area contributed by atoms with Gasteiger partial charge in [0.05, 0.1) is 13.8 Å². The molecule has 3 aromatic carbocycles. The molecule has 2 aliphatic carbocycles. The van der Waals surface area contributed by atoms with E-state index in [1.807, 2.05) is 11.3 Å². The molecule has 0 saturated heterocycles. The summed E-state index contributed by atoms with van der Waals surface area (Å²) in [6.07, 6.45) is 26.7. The van der Waals surface area contributed by atoms with Gasteiger partial charge in [-0.2, -0.15) is 0 Å². The molecule has 73 heavy (non-hydrogen) atoms. The van der Waals surface area contributed by atoms with Crippen LogP contribution in [-0.4, -0.2) is 14.8 Å². The number of thiophene rings is 1. The van der Waals surface area contributed by atoms with Gasteiger partial charge in [0.2, 0.25) is 0 Å². The van der Waals surface area contributed by atoms with Crippen molar-refractivity contribution in [2.45, 2.75) is 196 Å². The lowest BCUT2D eigenvalue weighted by Gasteiger charge is -2.42. The molecule has 1 aliphatic heterocycles. The summed E-state index contributed by atoms with van der Waals surface area (Å²) in [5, 5.41) is 6.98. The highest BCUT2D eigenvalue weighted by Crippen LogP contribution is 2.52. The Morgan fingerprint density at radius 2 is 1.38 bits per heavy atom. The topological polar surface area (TPSA) is 15.3 Å². The highest BCUT2D eigenvalue weighted by molar-refractivity contribution is 7.31. The third-order valence-corrected chi connectivity index (χ3v) is 21.0. The zero-order valence-electron chi connectivity index (χ0n) is 48.9. The van der Waals surface area contributed by atoms with Crippen molar-refractivity contribution < 1.29 is 0 Å². The predicted molar refractivity (Wildman–Crippen MR) is 333 cm³/mol. The molecule has 3 atom stereocenters. The van der Waals surface area contributed by atoms with Crippen LogP contribution in [0.15, 0.2) is 134 Å². The van der Waals surface area contributed by atoms with Crippen LogP contribution >= 0.6 is 11.3 Å². The molecule has 2 heterocycles. The largest absolute Gasteiger partial charge is 0.362 e. The average molecular weight is 1010 g/mol. The van der Waals surface area contributed by atoms with Crippen LogP contribution < -0.4 is 20.2 Å². The Hall–Kier alpha value is -4.32. The van der Waals surface area contributed by atoms with E-state index < -0.39 is 8.07 Å². The van der Waals surface area contributed by atoms with Gasteiger partial charge in [-0.05, 0) is 160 Å². The van der Waals surface area contributed by atoms with E-state index >= 15 is 0 Å². The van der Waals surface area contributed by atoms with Gasteiger partial charge in [0.15, 0.2) is 0 Å². The molecule has 7 rings (SSSR count). The van der Waals surface area contributed by atoms with Crippen LogP contribution in [0.5, 0.6) is 0 Å². The fraction of sp³-hybridized carbons (Fsp3) is 0.500. The fourth-order valence-electron chi connectivity index (χ4n) is 12.1. The second-order valence-corrected chi connectivity index (χ2v) is 33.7. The molecule has 390 valence electrons. The van der Waals surface area contributed by atoms with Crippen LogP contribution in [0.25, 0.3) is 21.2 Å². The highest BCUT2D eigenvalue weighted by atomic mass is 32.1. The van der Waals surface area contributed by atoms with Gasteiger partial charge in [-0.25, -0.2) is 0 Å². The summed E-state index contributed by atoms with van der Waals surface area (Å²) in [5.74, 6) is 3.87. The van der Waals surface area contributed by atoms with Crippen molar-refractivity contribution in [3.8, 4) is 11.1 Å². The second-order valence-electron chi connectivity index (χ2n) is 27.5. The van der Waals surface area contributed by atoms with Crippen molar-refractivity contribution in [3.63, 3.8) is 0 Å². The maximum Gasteiger partial charge on any atom is 0.253 e. The molecule has 2 nitrogen and oxygen atoms in total. The number of fused-ring (bicyclic) bond motifs is 5. The Morgan fingerprint density at radius 3 is 1.92 bits per heavy atom. The number of nitrogens with zero attached hydrogens (tertiary/aromatic N) is 1. The molecule has 1 N–H and O–H groups in total.